The fourth-order valence-corrected chi connectivity index (χ4v) is 2.29. The smallest absolute Gasteiger partial charge is 0.252 e. The molecule has 1 saturated heterocycles. The predicted molar refractivity (Wildman–Crippen MR) is 70.3 cm³/mol. The second-order valence-corrected chi connectivity index (χ2v) is 4.70. The molecule has 0 radical (unpaired) electrons. The topological polar surface area (TPSA) is 49.4 Å². The van der Waals surface area contributed by atoms with Crippen LogP contribution in [0.1, 0.15) is 24.5 Å². The third-order valence-corrected chi connectivity index (χ3v) is 3.27. The molecule has 18 heavy (non-hydrogen) atoms. The lowest BCUT2D eigenvalue weighted by molar-refractivity contribution is -0.138. The van der Waals surface area contributed by atoms with Gasteiger partial charge in [-0.25, -0.2) is 0 Å². The number of rotatable bonds is 3. The zero-order valence-corrected chi connectivity index (χ0v) is 11.0. The van der Waals surface area contributed by atoms with Gasteiger partial charge in [-0.05, 0) is 32.4 Å². The van der Waals surface area contributed by atoms with Crippen LogP contribution in [0.4, 0.5) is 5.69 Å². The second kappa shape index (κ2) is 4.80. The maximum atomic E-state index is 12.0. The Balaban J connectivity index is 2.15. The highest BCUT2D eigenvalue weighted by atomic mass is 16.2. The number of hydrogen-bond donors (Lipinski definition) is 1. The molecule has 0 bridgehead atoms. The van der Waals surface area contributed by atoms with Crippen molar-refractivity contribution in [2.24, 2.45) is 0 Å². The monoisotopic (exact) mass is 246 g/mol. The molecule has 1 unspecified atom stereocenters. The van der Waals surface area contributed by atoms with E-state index in [0.29, 0.717) is 6.54 Å². The number of benzene rings is 1. The van der Waals surface area contributed by atoms with Crippen molar-refractivity contribution in [3.63, 3.8) is 0 Å². The molecule has 1 fully saturated rings. The largest absolute Gasteiger partial charge is 0.373 e. The highest BCUT2D eigenvalue weighted by Crippen LogP contribution is 2.21. The maximum Gasteiger partial charge on any atom is 0.252 e. The van der Waals surface area contributed by atoms with Crippen LogP contribution in [0.15, 0.2) is 18.2 Å². The molecule has 0 saturated carbocycles. The Morgan fingerprint density at radius 2 is 2.06 bits per heavy atom. The lowest BCUT2D eigenvalue weighted by Gasteiger charge is -2.15. The first-order valence-corrected chi connectivity index (χ1v) is 6.21. The Hall–Kier alpha value is -1.84. The Morgan fingerprint density at radius 3 is 2.61 bits per heavy atom. The van der Waals surface area contributed by atoms with E-state index in [1.54, 1.807) is 0 Å². The van der Waals surface area contributed by atoms with Crippen LogP contribution in [0, 0.1) is 13.8 Å². The molecular formula is C14H18N2O2. The third kappa shape index (κ3) is 2.23. The van der Waals surface area contributed by atoms with E-state index < -0.39 is 6.04 Å². The van der Waals surface area contributed by atoms with E-state index in [-0.39, 0.29) is 18.2 Å². The molecule has 1 aliphatic rings. The number of likely N-dealkylation sites (N-methyl/N-ethyl adjacent to an activating group) is 1. The van der Waals surface area contributed by atoms with Gasteiger partial charge in [-0.15, -0.1) is 0 Å². The Labute approximate surface area is 107 Å². The first-order chi connectivity index (χ1) is 8.52. The molecule has 1 aromatic rings. The maximum absolute atomic E-state index is 12.0. The minimum Gasteiger partial charge on any atom is -0.373 e. The summed E-state index contributed by atoms with van der Waals surface area (Å²) in [7, 11) is 0. The number of carbonyl (C=O) groups is 2. The van der Waals surface area contributed by atoms with Gasteiger partial charge in [-0.1, -0.05) is 17.7 Å². The first-order valence-electron chi connectivity index (χ1n) is 6.21. The van der Waals surface area contributed by atoms with Gasteiger partial charge in [0.15, 0.2) is 0 Å². The number of nitrogens with one attached hydrogen (secondary N) is 1. The highest BCUT2D eigenvalue weighted by Gasteiger charge is 2.37. The van der Waals surface area contributed by atoms with Crippen molar-refractivity contribution in [2.75, 3.05) is 11.9 Å². The van der Waals surface area contributed by atoms with E-state index in [2.05, 4.69) is 11.4 Å². The summed E-state index contributed by atoms with van der Waals surface area (Å²) in [6.07, 6.45) is 0.250. The van der Waals surface area contributed by atoms with Crippen LogP contribution < -0.4 is 5.32 Å². The molecule has 0 aliphatic carbocycles. The lowest BCUT2D eigenvalue weighted by atomic mass is 10.1. The van der Waals surface area contributed by atoms with E-state index in [4.69, 9.17) is 0 Å². The van der Waals surface area contributed by atoms with Crippen molar-refractivity contribution in [3.8, 4) is 0 Å². The van der Waals surface area contributed by atoms with Gasteiger partial charge in [-0.3, -0.25) is 14.5 Å². The van der Waals surface area contributed by atoms with E-state index in [9.17, 15) is 9.59 Å². The van der Waals surface area contributed by atoms with Crippen LogP contribution in [0.5, 0.6) is 0 Å². The molecule has 1 atom stereocenters. The van der Waals surface area contributed by atoms with Gasteiger partial charge in [0.1, 0.15) is 6.04 Å². The molecular weight excluding hydrogens is 228 g/mol. The summed E-state index contributed by atoms with van der Waals surface area (Å²) in [5, 5.41) is 3.17. The van der Waals surface area contributed by atoms with Crippen molar-refractivity contribution < 1.29 is 9.59 Å². The van der Waals surface area contributed by atoms with Crippen LogP contribution in [-0.4, -0.2) is 29.3 Å². The van der Waals surface area contributed by atoms with Gasteiger partial charge in [0.25, 0.3) is 5.91 Å². The fraction of sp³-hybridized carbons (Fsp3) is 0.429. The summed E-state index contributed by atoms with van der Waals surface area (Å²) in [6, 6.07) is 5.59. The molecule has 4 nitrogen and oxygen atoms in total. The molecule has 1 N–H and O–H groups in total. The van der Waals surface area contributed by atoms with Crippen LogP contribution in [0.3, 0.4) is 0 Å². The number of imide groups is 1. The van der Waals surface area contributed by atoms with Crippen molar-refractivity contribution in [3.05, 3.63) is 29.3 Å². The van der Waals surface area contributed by atoms with Crippen molar-refractivity contribution in [2.45, 2.75) is 33.2 Å². The Bertz CT molecular complexity index is 497. The molecule has 2 amide bonds. The van der Waals surface area contributed by atoms with E-state index in [1.807, 2.05) is 32.9 Å². The zero-order chi connectivity index (χ0) is 13.3. The zero-order valence-electron chi connectivity index (χ0n) is 11.0. The van der Waals surface area contributed by atoms with Gasteiger partial charge in [0, 0.05) is 12.2 Å². The van der Waals surface area contributed by atoms with Crippen molar-refractivity contribution in [1.29, 1.82) is 0 Å². The standard InChI is InChI=1S/C14H18N2O2/c1-4-16-13(17)8-12(14(16)18)15-11-6-5-9(2)7-10(11)3/h5-7,12,15H,4,8H2,1-3H3. The van der Waals surface area contributed by atoms with Gasteiger partial charge < -0.3 is 5.32 Å². The number of amides is 2. The number of hydrogen-bond acceptors (Lipinski definition) is 3. The second-order valence-electron chi connectivity index (χ2n) is 4.70. The molecule has 1 heterocycles. The van der Waals surface area contributed by atoms with Crippen LogP contribution >= 0.6 is 0 Å². The third-order valence-electron chi connectivity index (χ3n) is 3.27. The average Bonchev–Trinajstić information content (AvgIpc) is 2.58. The number of aryl methyl sites for hydroxylation is 2. The molecule has 2 rings (SSSR count). The van der Waals surface area contributed by atoms with E-state index in [1.165, 1.54) is 10.5 Å². The van der Waals surface area contributed by atoms with E-state index >= 15 is 0 Å². The van der Waals surface area contributed by atoms with Crippen LogP contribution in [0.2, 0.25) is 0 Å². The molecule has 4 heteroatoms. The summed E-state index contributed by atoms with van der Waals surface area (Å²) in [6.45, 7) is 6.28. The van der Waals surface area contributed by atoms with E-state index in [0.717, 1.165) is 11.3 Å². The van der Waals surface area contributed by atoms with Gasteiger partial charge in [0.05, 0.1) is 6.42 Å². The average molecular weight is 246 g/mol. The minimum atomic E-state index is -0.418. The number of carbonyl (C=O) groups excluding carboxylic acids is 2. The van der Waals surface area contributed by atoms with Crippen LogP contribution in [0.25, 0.3) is 0 Å². The summed E-state index contributed by atoms with van der Waals surface area (Å²) in [4.78, 5) is 24.9. The summed E-state index contributed by atoms with van der Waals surface area (Å²) < 4.78 is 0. The van der Waals surface area contributed by atoms with Crippen molar-refractivity contribution in [1.82, 2.24) is 4.90 Å². The summed E-state index contributed by atoms with van der Waals surface area (Å²) in [5.41, 5.74) is 3.19. The summed E-state index contributed by atoms with van der Waals surface area (Å²) in [5.74, 6) is -0.216. The molecule has 1 aromatic carbocycles. The quantitative estimate of drug-likeness (QED) is 0.828. The number of nitrogens with zero attached hydrogens (tertiary/aromatic N) is 1. The fourth-order valence-electron chi connectivity index (χ4n) is 2.29. The molecule has 1 aliphatic heterocycles. The highest BCUT2D eigenvalue weighted by molar-refractivity contribution is 6.06. The Morgan fingerprint density at radius 1 is 1.33 bits per heavy atom. The number of likely N-dealkylation sites (tertiary alicyclic amines) is 1. The van der Waals surface area contributed by atoms with Crippen LogP contribution in [-0.2, 0) is 9.59 Å². The predicted octanol–water partition coefficient (Wildman–Crippen LogP) is 1.86. The normalized spacial score (nSPS) is 19.5. The molecule has 0 spiro atoms. The van der Waals surface area contributed by atoms with Crippen molar-refractivity contribution >= 4 is 17.5 Å². The molecule has 0 aromatic heterocycles. The molecule has 96 valence electrons. The first kappa shape index (κ1) is 12.6. The van der Waals surface area contributed by atoms with Gasteiger partial charge in [0.2, 0.25) is 5.91 Å². The lowest BCUT2D eigenvalue weighted by Crippen LogP contribution is -2.34. The summed E-state index contributed by atoms with van der Waals surface area (Å²) >= 11 is 0. The Kier molecular flexibility index (Phi) is 3.36. The van der Waals surface area contributed by atoms with Gasteiger partial charge in [-0.2, -0.15) is 0 Å². The van der Waals surface area contributed by atoms with Gasteiger partial charge >= 0.3 is 0 Å². The minimum absolute atomic E-state index is 0.0928. The number of anilines is 1. The SMILES string of the molecule is CCN1C(=O)CC(Nc2ccc(C)cc2C)C1=O.